The van der Waals surface area contributed by atoms with Gasteiger partial charge in [0.25, 0.3) is 5.92 Å². The van der Waals surface area contributed by atoms with Crippen molar-refractivity contribution in [2.45, 2.75) is 31.8 Å². The van der Waals surface area contributed by atoms with E-state index in [9.17, 15) is 18.7 Å². The van der Waals surface area contributed by atoms with Crippen LogP contribution >= 0.6 is 0 Å². The fourth-order valence-electron chi connectivity index (χ4n) is 1.33. The summed E-state index contributed by atoms with van der Waals surface area (Å²) in [6.45, 7) is 2.59. The van der Waals surface area contributed by atoms with Gasteiger partial charge in [0.2, 0.25) is 5.91 Å². The first-order valence-electron chi connectivity index (χ1n) is 4.08. The van der Waals surface area contributed by atoms with Crippen molar-refractivity contribution in [1.82, 2.24) is 4.90 Å². The van der Waals surface area contributed by atoms with Gasteiger partial charge >= 0.3 is 0 Å². The number of nitrogens with zero attached hydrogens (tertiary/aromatic N) is 1. The Hall–Kier alpha value is -0.710. The summed E-state index contributed by atoms with van der Waals surface area (Å²) < 4.78 is 24.8. The number of hydrogen-bond donors (Lipinski definition) is 1. The highest BCUT2D eigenvalue weighted by atomic mass is 19.3. The van der Waals surface area contributed by atoms with Crippen LogP contribution in [0.5, 0.6) is 0 Å². The largest absolute Gasteiger partial charge is 0.386 e. The molecule has 76 valence electrons. The molecule has 1 N–H and O–H groups in total. The molecule has 0 aliphatic carbocycles. The van der Waals surface area contributed by atoms with E-state index >= 15 is 0 Å². The quantitative estimate of drug-likeness (QED) is 0.698. The lowest BCUT2D eigenvalue weighted by atomic mass is 9.96. The fourth-order valence-corrected chi connectivity index (χ4v) is 1.33. The van der Waals surface area contributed by atoms with Gasteiger partial charge in [-0.1, -0.05) is 0 Å². The maximum Gasteiger partial charge on any atom is 0.254 e. The zero-order chi connectivity index (χ0) is 10.3. The highest BCUT2D eigenvalue weighted by Crippen LogP contribution is 2.24. The average molecular weight is 193 g/mol. The predicted molar refractivity (Wildman–Crippen MR) is 42.4 cm³/mol. The van der Waals surface area contributed by atoms with Gasteiger partial charge in [0.1, 0.15) is 0 Å². The molecule has 0 aromatic heterocycles. The van der Waals surface area contributed by atoms with E-state index in [-0.39, 0.29) is 13.1 Å². The number of amides is 1. The summed E-state index contributed by atoms with van der Waals surface area (Å²) in [5, 5.41) is 9.25. The molecule has 0 atom stereocenters. The van der Waals surface area contributed by atoms with E-state index in [1.165, 1.54) is 4.90 Å². The third-order valence-corrected chi connectivity index (χ3v) is 1.88. The van der Waals surface area contributed by atoms with Crippen LogP contribution in [0.4, 0.5) is 8.78 Å². The Morgan fingerprint density at radius 3 is 2.38 bits per heavy atom. The molecule has 1 aliphatic rings. The summed E-state index contributed by atoms with van der Waals surface area (Å²) in [5.41, 5.74) is -0.890. The highest BCUT2D eigenvalue weighted by Gasteiger charge is 2.41. The predicted octanol–water partition coefficient (Wildman–Crippen LogP) is 0.625. The minimum Gasteiger partial charge on any atom is -0.386 e. The third kappa shape index (κ3) is 2.91. The minimum atomic E-state index is -2.96. The van der Waals surface area contributed by atoms with E-state index in [0.717, 1.165) is 0 Å². The van der Waals surface area contributed by atoms with Crippen molar-refractivity contribution in [2.75, 3.05) is 13.1 Å². The lowest BCUT2D eigenvalue weighted by molar-refractivity contribution is -0.158. The molecule has 1 saturated heterocycles. The van der Waals surface area contributed by atoms with Gasteiger partial charge in [-0.2, -0.15) is 0 Å². The van der Waals surface area contributed by atoms with E-state index in [2.05, 4.69) is 0 Å². The van der Waals surface area contributed by atoms with Crippen LogP contribution in [-0.2, 0) is 4.79 Å². The summed E-state index contributed by atoms with van der Waals surface area (Å²) in [4.78, 5) is 12.3. The molecule has 0 spiro atoms. The number of carbonyl (C=O) groups excluding carboxylic acids is 1. The van der Waals surface area contributed by atoms with Gasteiger partial charge in [-0.15, -0.1) is 0 Å². The SMILES string of the molecule is CC(F)(F)CC(=O)N1CC(C)(O)C1. The maximum atomic E-state index is 12.4. The number of likely N-dealkylation sites (tertiary alicyclic amines) is 1. The monoisotopic (exact) mass is 193 g/mol. The molecule has 13 heavy (non-hydrogen) atoms. The summed E-state index contributed by atoms with van der Waals surface area (Å²) in [6.07, 6.45) is -0.775. The number of rotatable bonds is 2. The summed E-state index contributed by atoms with van der Waals surface area (Å²) in [7, 11) is 0. The molecule has 1 fully saturated rings. The number of halogens is 2. The van der Waals surface area contributed by atoms with Gasteiger partial charge in [-0.05, 0) is 13.8 Å². The van der Waals surface area contributed by atoms with Crippen LogP contribution in [0.25, 0.3) is 0 Å². The Labute approximate surface area is 75.3 Å². The maximum absolute atomic E-state index is 12.4. The van der Waals surface area contributed by atoms with Crippen LogP contribution < -0.4 is 0 Å². The summed E-state index contributed by atoms with van der Waals surface area (Å²) in [6, 6.07) is 0. The topological polar surface area (TPSA) is 40.5 Å². The average Bonchev–Trinajstić information content (AvgIpc) is 1.77. The first-order valence-corrected chi connectivity index (χ1v) is 4.08. The number of alkyl halides is 2. The van der Waals surface area contributed by atoms with Crippen LogP contribution in [0.1, 0.15) is 20.3 Å². The molecule has 1 rings (SSSR count). The van der Waals surface area contributed by atoms with Crippen molar-refractivity contribution >= 4 is 5.91 Å². The first kappa shape index (κ1) is 10.4. The molecule has 0 unspecified atom stereocenters. The van der Waals surface area contributed by atoms with Gasteiger partial charge in [0, 0.05) is 0 Å². The molecule has 0 aromatic carbocycles. The third-order valence-electron chi connectivity index (χ3n) is 1.88. The van der Waals surface area contributed by atoms with Crippen molar-refractivity contribution < 1.29 is 18.7 Å². The summed E-state index contributed by atoms with van der Waals surface area (Å²) >= 11 is 0. The van der Waals surface area contributed by atoms with Crippen LogP contribution in [0.15, 0.2) is 0 Å². The summed E-state index contributed by atoms with van der Waals surface area (Å²) in [5.74, 6) is -3.56. The zero-order valence-corrected chi connectivity index (χ0v) is 7.68. The number of aliphatic hydroxyl groups is 1. The molecule has 1 aliphatic heterocycles. The minimum absolute atomic E-state index is 0.155. The Morgan fingerprint density at radius 1 is 1.62 bits per heavy atom. The van der Waals surface area contributed by atoms with Gasteiger partial charge in [-0.25, -0.2) is 8.78 Å². The Morgan fingerprint density at radius 2 is 2.08 bits per heavy atom. The van der Waals surface area contributed by atoms with E-state index in [4.69, 9.17) is 0 Å². The van der Waals surface area contributed by atoms with Crippen LogP contribution in [0.2, 0.25) is 0 Å². The normalized spacial score (nSPS) is 21.2. The van der Waals surface area contributed by atoms with Gasteiger partial charge in [0.05, 0.1) is 25.1 Å². The van der Waals surface area contributed by atoms with Crippen LogP contribution in [-0.4, -0.2) is 40.5 Å². The van der Waals surface area contributed by atoms with Crippen molar-refractivity contribution in [3.05, 3.63) is 0 Å². The molecule has 1 amide bonds. The molecule has 0 saturated carbocycles. The second-order valence-corrected chi connectivity index (χ2v) is 3.99. The second-order valence-electron chi connectivity index (χ2n) is 3.99. The standard InChI is InChI=1S/C8H13F2NO2/c1-7(13)4-11(5-7)6(12)3-8(2,9)10/h13H,3-5H2,1-2H3. The fraction of sp³-hybridized carbons (Fsp3) is 0.875. The van der Waals surface area contributed by atoms with Crippen LogP contribution in [0, 0.1) is 0 Å². The van der Waals surface area contributed by atoms with Gasteiger partial charge in [-0.3, -0.25) is 4.79 Å². The Kier molecular flexibility index (Phi) is 2.32. The molecule has 1 heterocycles. The number of carbonyl (C=O) groups is 1. The lowest BCUT2D eigenvalue weighted by Gasteiger charge is -2.44. The molecule has 3 nitrogen and oxygen atoms in total. The molecular formula is C8H13F2NO2. The van der Waals surface area contributed by atoms with E-state index in [1.54, 1.807) is 6.92 Å². The number of β-amino-alcohol motifs (C(OH)–C–C–N with tert-alkyl or cyclic N) is 1. The van der Waals surface area contributed by atoms with E-state index in [1.807, 2.05) is 0 Å². The van der Waals surface area contributed by atoms with E-state index < -0.39 is 23.9 Å². The van der Waals surface area contributed by atoms with Crippen molar-refractivity contribution in [3.63, 3.8) is 0 Å². The van der Waals surface area contributed by atoms with Crippen LogP contribution in [0.3, 0.4) is 0 Å². The van der Waals surface area contributed by atoms with Gasteiger partial charge in [0.15, 0.2) is 0 Å². The Bertz CT molecular complexity index is 215. The van der Waals surface area contributed by atoms with Crippen molar-refractivity contribution in [1.29, 1.82) is 0 Å². The highest BCUT2D eigenvalue weighted by molar-refractivity contribution is 5.78. The second kappa shape index (κ2) is 2.90. The smallest absolute Gasteiger partial charge is 0.254 e. The first-order chi connectivity index (χ1) is 5.70. The van der Waals surface area contributed by atoms with Crippen molar-refractivity contribution in [2.24, 2.45) is 0 Å². The Balaban J connectivity index is 2.36. The molecule has 0 bridgehead atoms. The van der Waals surface area contributed by atoms with Gasteiger partial charge < -0.3 is 10.0 Å². The zero-order valence-electron chi connectivity index (χ0n) is 7.68. The molecular weight excluding hydrogens is 180 g/mol. The lowest BCUT2D eigenvalue weighted by Crippen LogP contribution is -2.62. The van der Waals surface area contributed by atoms with E-state index in [0.29, 0.717) is 6.92 Å². The molecule has 0 radical (unpaired) electrons. The molecule has 5 heteroatoms. The molecule has 0 aromatic rings. The van der Waals surface area contributed by atoms with Crippen molar-refractivity contribution in [3.8, 4) is 0 Å². The number of hydrogen-bond acceptors (Lipinski definition) is 2.